The maximum Gasteiger partial charge on any atom is 0.235 e. The summed E-state index contributed by atoms with van der Waals surface area (Å²) in [5.41, 5.74) is 3.05. The molecule has 0 saturated heterocycles. The van der Waals surface area contributed by atoms with Crippen LogP contribution in [0.15, 0.2) is 34.7 Å². The molecule has 0 bridgehead atoms. The third kappa shape index (κ3) is 4.40. The molecule has 0 atom stereocenters. The van der Waals surface area contributed by atoms with Crippen molar-refractivity contribution < 1.29 is 9.59 Å². The van der Waals surface area contributed by atoms with Crippen LogP contribution in [-0.2, 0) is 9.59 Å². The minimum absolute atomic E-state index is 0.0469. The van der Waals surface area contributed by atoms with Crippen LogP contribution in [0.1, 0.15) is 36.6 Å². The summed E-state index contributed by atoms with van der Waals surface area (Å²) in [5, 5.41) is 21.4. The molecule has 2 heterocycles. The Bertz CT molecular complexity index is 1210. The van der Waals surface area contributed by atoms with Crippen LogP contribution in [0.5, 0.6) is 0 Å². The number of para-hydroxylation sites is 1. The Morgan fingerprint density at radius 1 is 1.28 bits per heavy atom. The Hall–Kier alpha value is -3.16. The average molecular weight is 467 g/mol. The van der Waals surface area contributed by atoms with Crippen LogP contribution in [-0.4, -0.2) is 38.4 Å². The molecule has 0 spiro atoms. The van der Waals surface area contributed by atoms with E-state index < -0.39 is 0 Å². The smallest absolute Gasteiger partial charge is 0.235 e. The van der Waals surface area contributed by atoms with Crippen LogP contribution in [0.25, 0.3) is 5.69 Å². The molecule has 0 aliphatic heterocycles. The van der Waals surface area contributed by atoms with Crippen LogP contribution in [0.2, 0.25) is 0 Å². The Morgan fingerprint density at radius 2 is 2.00 bits per heavy atom. The number of carbonyl (C=O) groups excluding carboxylic acids is 2. The summed E-state index contributed by atoms with van der Waals surface area (Å²) in [4.78, 5) is 26.4. The molecular weight excluding hydrogens is 444 g/mol. The Labute approximate surface area is 194 Å². The molecule has 2 amide bonds. The maximum absolute atomic E-state index is 12.8. The van der Waals surface area contributed by atoms with Crippen molar-refractivity contribution in [2.24, 2.45) is 0 Å². The summed E-state index contributed by atoms with van der Waals surface area (Å²) in [6.07, 6.45) is 1.95. The van der Waals surface area contributed by atoms with Crippen molar-refractivity contribution in [1.82, 2.24) is 14.8 Å². The van der Waals surface area contributed by atoms with Gasteiger partial charge in [0.2, 0.25) is 16.9 Å². The summed E-state index contributed by atoms with van der Waals surface area (Å²) in [7, 11) is 0. The van der Waals surface area contributed by atoms with Gasteiger partial charge in [-0.3, -0.25) is 19.1 Å². The fourth-order valence-corrected chi connectivity index (χ4v) is 5.25. The van der Waals surface area contributed by atoms with Crippen molar-refractivity contribution >= 4 is 45.9 Å². The largest absolute Gasteiger partial charge is 0.310 e. The van der Waals surface area contributed by atoms with Crippen molar-refractivity contribution in [3.63, 3.8) is 0 Å². The summed E-state index contributed by atoms with van der Waals surface area (Å²) < 4.78 is 2.51. The second-order valence-electron chi connectivity index (χ2n) is 7.52. The Kier molecular flexibility index (Phi) is 6.30. The highest BCUT2D eigenvalue weighted by Crippen LogP contribution is 2.36. The normalized spacial score (nSPS) is 12.9. The fraction of sp³-hybridized carbons (Fsp3) is 0.318. The van der Waals surface area contributed by atoms with E-state index in [9.17, 15) is 14.9 Å². The molecule has 1 N–H and O–H groups in total. The van der Waals surface area contributed by atoms with Gasteiger partial charge < -0.3 is 5.32 Å². The van der Waals surface area contributed by atoms with Gasteiger partial charge in [0.1, 0.15) is 11.9 Å². The van der Waals surface area contributed by atoms with Gasteiger partial charge in [0.05, 0.1) is 11.3 Å². The van der Waals surface area contributed by atoms with E-state index in [1.54, 1.807) is 4.90 Å². The molecule has 4 rings (SSSR count). The molecule has 164 valence electrons. The van der Waals surface area contributed by atoms with Crippen molar-refractivity contribution in [3.8, 4) is 11.8 Å². The van der Waals surface area contributed by atoms with Crippen LogP contribution < -0.4 is 10.2 Å². The molecule has 1 fully saturated rings. The molecule has 2 aromatic heterocycles. The SMILES string of the molecule is CC(=O)N(c1nnc(SCC(=O)Nc2c(C#N)c(C)c(C)n2-c2ccccc2)s1)C1CC1. The molecule has 8 nitrogen and oxygen atoms in total. The number of nitriles is 1. The van der Waals surface area contributed by atoms with Crippen molar-refractivity contribution in [1.29, 1.82) is 5.26 Å². The van der Waals surface area contributed by atoms with E-state index in [2.05, 4.69) is 21.6 Å². The Balaban J connectivity index is 1.49. The first kappa shape index (κ1) is 22.0. The molecule has 10 heteroatoms. The van der Waals surface area contributed by atoms with Gasteiger partial charge in [-0.1, -0.05) is 41.3 Å². The van der Waals surface area contributed by atoms with Crippen LogP contribution in [0.3, 0.4) is 0 Å². The van der Waals surface area contributed by atoms with Crippen molar-refractivity contribution in [2.75, 3.05) is 16.0 Å². The minimum Gasteiger partial charge on any atom is -0.310 e. The zero-order valence-electron chi connectivity index (χ0n) is 18.0. The summed E-state index contributed by atoms with van der Waals surface area (Å²) >= 11 is 2.57. The zero-order valence-corrected chi connectivity index (χ0v) is 19.6. The number of amides is 2. The third-order valence-corrected chi connectivity index (χ3v) is 7.33. The van der Waals surface area contributed by atoms with Gasteiger partial charge in [0.15, 0.2) is 4.34 Å². The van der Waals surface area contributed by atoms with Crippen LogP contribution >= 0.6 is 23.1 Å². The van der Waals surface area contributed by atoms with E-state index >= 15 is 0 Å². The quantitative estimate of drug-likeness (QED) is 0.416. The topological polar surface area (TPSA) is 104 Å². The first-order valence-corrected chi connectivity index (χ1v) is 11.9. The highest BCUT2D eigenvalue weighted by Gasteiger charge is 2.34. The summed E-state index contributed by atoms with van der Waals surface area (Å²) in [6, 6.07) is 12.0. The molecule has 0 unspecified atom stereocenters. The lowest BCUT2D eigenvalue weighted by Gasteiger charge is -2.15. The van der Waals surface area contributed by atoms with Gasteiger partial charge in [-0.25, -0.2) is 0 Å². The third-order valence-electron chi connectivity index (χ3n) is 5.28. The second kappa shape index (κ2) is 9.14. The van der Waals surface area contributed by atoms with Crippen LogP contribution in [0, 0.1) is 25.2 Å². The van der Waals surface area contributed by atoms with Gasteiger partial charge in [-0.2, -0.15) is 5.26 Å². The number of nitrogens with one attached hydrogen (secondary N) is 1. The zero-order chi connectivity index (χ0) is 22.8. The predicted octanol–water partition coefficient (Wildman–Crippen LogP) is 4.06. The van der Waals surface area contributed by atoms with Crippen molar-refractivity contribution in [2.45, 2.75) is 44.0 Å². The highest BCUT2D eigenvalue weighted by molar-refractivity contribution is 8.01. The number of anilines is 2. The molecule has 3 aromatic rings. The molecule has 1 aliphatic carbocycles. The van der Waals surface area contributed by atoms with Crippen LogP contribution in [0.4, 0.5) is 10.9 Å². The summed E-state index contributed by atoms with van der Waals surface area (Å²) in [5.74, 6) is 0.285. The van der Waals surface area contributed by atoms with E-state index in [1.807, 2.05) is 48.7 Å². The van der Waals surface area contributed by atoms with Gasteiger partial charge in [0, 0.05) is 24.3 Å². The number of hydrogen-bond acceptors (Lipinski definition) is 7. The average Bonchev–Trinajstić information content (AvgIpc) is 3.44. The molecule has 0 radical (unpaired) electrons. The maximum atomic E-state index is 12.8. The number of benzene rings is 1. The van der Waals surface area contributed by atoms with Gasteiger partial charge in [-0.05, 0) is 44.4 Å². The lowest BCUT2D eigenvalue weighted by Crippen LogP contribution is -2.30. The van der Waals surface area contributed by atoms with E-state index in [1.165, 1.54) is 30.0 Å². The number of nitrogens with zero attached hydrogens (tertiary/aromatic N) is 5. The molecule has 1 saturated carbocycles. The second-order valence-corrected chi connectivity index (χ2v) is 9.70. The van der Waals surface area contributed by atoms with Gasteiger partial charge >= 0.3 is 0 Å². The van der Waals surface area contributed by atoms with E-state index in [0.29, 0.717) is 20.9 Å². The number of rotatable bonds is 7. The number of aromatic nitrogens is 3. The molecule has 1 aromatic carbocycles. The van der Waals surface area contributed by atoms with E-state index in [0.717, 1.165) is 29.8 Å². The molecular formula is C22H22N6O2S2. The highest BCUT2D eigenvalue weighted by atomic mass is 32.2. The lowest BCUT2D eigenvalue weighted by molar-refractivity contribution is -0.116. The minimum atomic E-state index is -0.247. The monoisotopic (exact) mass is 466 g/mol. The lowest BCUT2D eigenvalue weighted by atomic mass is 10.2. The first-order chi connectivity index (χ1) is 15.4. The summed E-state index contributed by atoms with van der Waals surface area (Å²) in [6.45, 7) is 5.33. The molecule has 1 aliphatic rings. The fourth-order valence-electron chi connectivity index (χ4n) is 3.50. The first-order valence-electron chi connectivity index (χ1n) is 10.1. The number of thioether (sulfide) groups is 1. The standard InChI is InChI=1S/C22H22N6O2S2/c1-13-14(2)27(16-7-5-4-6-8-16)20(18(13)11-23)24-19(30)12-31-22-26-25-21(32-22)28(15(3)29)17-9-10-17/h4-8,17H,9-10,12H2,1-3H3,(H,24,30). The Morgan fingerprint density at radius 3 is 2.62 bits per heavy atom. The van der Waals surface area contributed by atoms with Crippen molar-refractivity contribution in [3.05, 3.63) is 47.2 Å². The van der Waals surface area contributed by atoms with Gasteiger partial charge in [0.25, 0.3) is 0 Å². The number of hydrogen-bond donors (Lipinski definition) is 1. The number of carbonyl (C=O) groups is 2. The van der Waals surface area contributed by atoms with E-state index in [-0.39, 0.29) is 23.6 Å². The molecule has 32 heavy (non-hydrogen) atoms. The predicted molar refractivity (Wildman–Crippen MR) is 125 cm³/mol. The van der Waals surface area contributed by atoms with Gasteiger partial charge in [-0.15, -0.1) is 10.2 Å². The van der Waals surface area contributed by atoms with E-state index in [4.69, 9.17) is 0 Å².